The molecule has 0 fully saturated rings. The van der Waals surface area contributed by atoms with Gasteiger partial charge >= 0.3 is 0 Å². The first-order chi connectivity index (χ1) is 12.1. The van der Waals surface area contributed by atoms with Crippen molar-refractivity contribution in [3.63, 3.8) is 0 Å². The molecule has 1 heterocycles. The Hall–Kier alpha value is -2.32. The zero-order valence-electron chi connectivity index (χ0n) is 13.5. The number of fused-ring (bicyclic) bond motifs is 1. The van der Waals surface area contributed by atoms with E-state index in [4.69, 9.17) is 14.2 Å². The van der Waals surface area contributed by atoms with Crippen molar-refractivity contribution < 1.29 is 23.5 Å². The van der Waals surface area contributed by atoms with E-state index in [1.807, 2.05) is 0 Å². The average Bonchev–Trinajstić information content (AvgIpc) is 2.61. The van der Waals surface area contributed by atoms with Crippen molar-refractivity contribution in [3.05, 3.63) is 63.0 Å². The number of halogens is 1. The highest BCUT2D eigenvalue weighted by molar-refractivity contribution is 7.97. The Kier molecular flexibility index (Phi) is 5.40. The topological polar surface area (TPSA) is 70.8 Å². The molecule has 6 nitrogen and oxygen atoms in total. The molecule has 0 spiro atoms. The number of methoxy groups -OCH3 is 1. The summed E-state index contributed by atoms with van der Waals surface area (Å²) in [6.07, 6.45) is 0. The second kappa shape index (κ2) is 7.71. The summed E-state index contributed by atoms with van der Waals surface area (Å²) in [7, 11) is 1.42. The van der Waals surface area contributed by atoms with E-state index in [1.54, 1.807) is 12.1 Å². The molecule has 0 atom stereocenters. The predicted molar refractivity (Wildman–Crippen MR) is 91.3 cm³/mol. The highest BCUT2D eigenvalue weighted by atomic mass is 32.2. The Morgan fingerprint density at radius 3 is 2.88 bits per heavy atom. The van der Waals surface area contributed by atoms with Crippen LogP contribution in [0.5, 0.6) is 11.5 Å². The van der Waals surface area contributed by atoms with Crippen LogP contribution >= 0.6 is 11.8 Å². The number of nitro benzene ring substituents is 1. The van der Waals surface area contributed by atoms with Gasteiger partial charge in [0.05, 0.1) is 18.6 Å². The highest BCUT2D eigenvalue weighted by Crippen LogP contribution is 2.35. The first-order valence-electron chi connectivity index (χ1n) is 7.49. The molecule has 0 saturated carbocycles. The maximum absolute atomic E-state index is 13.7. The van der Waals surface area contributed by atoms with Gasteiger partial charge in [0.25, 0.3) is 5.69 Å². The lowest BCUT2D eigenvalue weighted by molar-refractivity contribution is -0.385. The second-order valence-electron chi connectivity index (χ2n) is 5.42. The molecule has 2 aromatic carbocycles. The summed E-state index contributed by atoms with van der Waals surface area (Å²) in [4.78, 5) is 10.7. The standard InChI is InChI=1S/C17H16FNO5S/c1-22-16-3-2-11(4-15(16)18)8-25-9-13-6-14(19(20)21)5-12-7-23-10-24-17(12)13/h2-6H,7-10H2,1H3. The van der Waals surface area contributed by atoms with E-state index >= 15 is 0 Å². The minimum absolute atomic E-state index is 0.0129. The van der Waals surface area contributed by atoms with Gasteiger partial charge in [-0.2, -0.15) is 11.8 Å². The van der Waals surface area contributed by atoms with E-state index < -0.39 is 10.7 Å². The molecule has 2 aromatic rings. The number of thioether (sulfide) groups is 1. The van der Waals surface area contributed by atoms with Crippen molar-refractivity contribution in [2.75, 3.05) is 13.9 Å². The normalized spacial score (nSPS) is 13.0. The fraction of sp³-hybridized carbons (Fsp3) is 0.294. The summed E-state index contributed by atoms with van der Waals surface area (Å²) >= 11 is 1.52. The number of non-ortho nitro benzene ring substituents is 1. The maximum Gasteiger partial charge on any atom is 0.270 e. The van der Waals surface area contributed by atoms with Crippen LogP contribution in [0.2, 0.25) is 0 Å². The first-order valence-corrected chi connectivity index (χ1v) is 8.65. The zero-order valence-corrected chi connectivity index (χ0v) is 14.3. The van der Waals surface area contributed by atoms with E-state index in [1.165, 1.54) is 37.1 Å². The van der Waals surface area contributed by atoms with E-state index in [-0.39, 0.29) is 18.2 Å². The summed E-state index contributed by atoms with van der Waals surface area (Å²) in [6, 6.07) is 7.80. The van der Waals surface area contributed by atoms with Crippen molar-refractivity contribution in [2.45, 2.75) is 18.1 Å². The highest BCUT2D eigenvalue weighted by Gasteiger charge is 2.20. The molecule has 1 aliphatic rings. The van der Waals surface area contributed by atoms with E-state index in [0.29, 0.717) is 29.4 Å². The van der Waals surface area contributed by atoms with E-state index in [0.717, 1.165) is 11.1 Å². The van der Waals surface area contributed by atoms with Crippen LogP contribution in [0.25, 0.3) is 0 Å². The van der Waals surface area contributed by atoms with Gasteiger partial charge in [-0.25, -0.2) is 4.39 Å². The van der Waals surface area contributed by atoms with Crippen LogP contribution in [0.4, 0.5) is 10.1 Å². The van der Waals surface area contributed by atoms with Crippen molar-refractivity contribution >= 4 is 17.4 Å². The Morgan fingerprint density at radius 1 is 1.32 bits per heavy atom. The van der Waals surface area contributed by atoms with Crippen molar-refractivity contribution in [1.82, 2.24) is 0 Å². The number of rotatable bonds is 6. The minimum atomic E-state index is -0.429. The van der Waals surface area contributed by atoms with Crippen molar-refractivity contribution in [3.8, 4) is 11.5 Å². The van der Waals surface area contributed by atoms with Gasteiger partial charge < -0.3 is 14.2 Å². The van der Waals surface area contributed by atoms with Crippen LogP contribution in [0, 0.1) is 15.9 Å². The quantitative estimate of drug-likeness (QED) is 0.568. The molecule has 0 radical (unpaired) electrons. The molecule has 132 valence electrons. The Balaban J connectivity index is 1.73. The zero-order chi connectivity index (χ0) is 17.8. The number of ether oxygens (including phenoxy) is 3. The third-order valence-electron chi connectivity index (χ3n) is 3.73. The molecule has 0 saturated heterocycles. The molecule has 0 aromatic heterocycles. The fourth-order valence-electron chi connectivity index (χ4n) is 2.57. The first kappa shape index (κ1) is 17.5. The predicted octanol–water partition coefficient (Wildman–Crippen LogP) is 4.04. The molecular weight excluding hydrogens is 349 g/mol. The van der Waals surface area contributed by atoms with Crippen LogP contribution < -0.4 is 9.47 Å². The SMILES string of the molecule is COc1ccc(CSCc2cc([N+](=O)[O-])cc3c2OCOC3)cc1F. The van der Waals surface area contributed by atoms with Crippen LogP contribution in [0.1, 0.15) is 16.7 Å². The van der Waals surface area contributed by atoms with Gasteiger partial charge in [-0.3, -0.25) is 10.1 Å². The van der Waals surface area contributed by atoms with Gasteiger partial charge in [0.2, 0.25) is 0 Å². The number of nitrogens with zero attached hydrogens (tertiary/aromatic N) is 1. The average molecular weight is 365 g/mol. The van der Waals surface area contributed by atoms with Crippen LogP contribution in [0.3, 0.4) is 0 Å². The summed E-state index contributed by atoms with van der Waals surface area (Å²) < 4.78 is 29.3. The summed E-state index contributed by atoms with van der Waals surface area (Å²) in [5.74, 6) is 1.51. The van der Waals surface area contributed by atoms with Gasteiger partial charge in [0.15, 0.2) is 18.4 Å². The second-order valence-corrected chi connectivity index (χ2v) is 6.41. The molecule has 0 bridgehead atoms. The van der Waals surface area contributed by atoms with E-state index in [9.17, 15) is 14.5 Å². The molecule has 0 unspecified atom stereocenters. The number of benzene rings is 2. The lowest BCUT2D eigenvalue weighted by Crippen LogP contribution is -2.13. The molecule has 1 aliphatic heterocycles. The monoisotopic (exact) mass is 365 g/mol. The molecular formula is C17H16FNO5S. The van der Waals surface area contributed by atoms with Crippen LogP contribution in [0.15, 0.2) is 30.3 Å². The molecule has 25 heavy (non-hydrogen) atoms. The minimum Gasteiger partial charge on any atom is -0.494 e. The molecule has 0 N–H and O–H groups in total. The molecule has 0 amide bonds. The third-order valence-corrected chi connectivity index (χ3v) is 4.78. The van der Waals surface area contributed by atoms with Gasteiger partial charge in [0.1, 0.15) is 5.75 Å². The summed E-state index contributed by atoms with van der Waals surface area (Å²) in [5, 5.41) is 11.1. The maximum atomic E-state index is 13.7. The van der Waals surface area contributed by atoms with Gasteiger partial charge in [-0.15, -0.1) is 0 Å². The van der Waals surface area contributed by atoms with Gasteiger partial charge in [-0.1, -0.05) is 6.07 Å². The number of nitro groups is 1. The van der Waals surface area contributed by atoms with Crippen LogP contribution in [-0.2, 0) is 22.8 Å². The number of hydrogen-bond donors (Lipinski definition) is 0. The Bertz CT molecular complexity index is 799. The van der Waals surface area contributed by atoms with E-state index in [2.05, 4.69) is 0 Å². The third kappa shape index (κ3) is 4.02. The largest absolute Gasteiger partial charge is 0.494 e. The van der Waals surface area contributed by atoms with Crippen LogP contribution in [-0.4, -0.2) is 18.8 Å². The molecule has 0 aliphatic carbocycles. The smallest absolute Gasteiger partial charge is 0.270 e. The van der Waals surface area contributed by atoms with Crippen molar-refractivity contribution in [2.24, 2.45) is 0 Å². The molecule has 8 heteroatoms. The van der Waals surface area contributed by atoms with Gasteiger partial charge in [-0.05, 0) is 17.7 Å². The number of hydrogen-bond acceptors (Lipinski definition) is 6. The Morgan fingerprint density at radius 2 is 2.16 bits per heavy atom. The molecule has 3 rings (SSSR count). The fourth-order valence-corrected chi connectivity index (χ4v) is 3.52. The summed E-state index contributed by atoms with van der Waals surface area (Å²) in [5.41, 5.74) is 2.24. The lowest BCUT2D eigenvalue weighted by atomic mass is 10.1. The van der Waals surface area contributed by atoms with Gasteiger partial charge in [0, 0.05) is 34.8 Å². The Labute approximate surface area is 148 Å². The van der Waals surface area contributed by atoms with Crippen molar-refractivity contribution in [1.29, 1.82) is 0 Å². The summed E-state index contributed by atoms with van der Waals surface area (Å²) in [6.45, 7) is 0.421. The lowest BCUT2D eigenvalue weighted by Gasteiger charge is -2.20.